The van der Waals surface area contributed by atoms with Crippen LogP contribution < -0.4 is 4.90 Å². The summed E-state index contributed by atoms with van der Waals surface area (Å²) in [5.74, 6) is 0.939. The lowest BCUT2D eigenvalue weighted by atomic mass is 10.2. The van der Waals surface area contributed by atoms with Gasteiger partial charge in [0.15, 0.2) is 0 Å². The largest absolute Gasteiger partial charge is 0.355 e. The van der Waals surface area contributed by atoms with Gasteiger partial charge in [0.2, 0.25) is 0 Å². The number of fused-ring (bicyclic) bond motifs is 1. The summed E-state index contributed by atoms with van der Waals surface area (Å²) in [5.41, 5.74) is 2.11. The van der Waals surface area contributed by atoms with Crippen LogP contribution in [0.15, 0.2) is 43.1 Å². The second-order valence-electron chi connectivity index (χ2n) is 4.58. The lowest BCUT2D eigenvalue weighted by molar-refractivity contribution is 0.889. The average molecular weight is 253 g/mol. The third-order valence-electron chi connectivity index (χ3n) is 3.14. The molecule has 0 amide bonds. The predicted molar refractivity (Wildman–Crippen MR) is 74.9 cm³/mol. The van der Waals surface area contributed by atoms with E-state index < -0.39 is 0 Å². The molecule has 0 fully saturated rings. The van der Waals surface area contributed by atoms with E-state index in [4.69, 9.17) is 0 Å². The highest BCUT2D eigenvalue weighted by Gasteiger charge is 2.10. The summed E-state index contributed by atoms with van der Waals surface area (Å²) in [7, 11) is 4.02. The molecule has 0 atom stereocenters. The van der Waals surface area contributed by atoms with Crippen molar-refractivity contribution >= 4 is 16.9 Å². The minimum absolute atomic E-state index is 0.773. The number of pyridine rings is 1. The van der Waals surface area contributed by atoms with Gasteiger partial charge < -0.3 is 9.47 Å². The first kappa shape index (κ1) is 11.6. The third-order valence-corrected chi connectivity index (χ3v) is 3.14. The predicted octanol–water partition coefficient (Wildman–Crippen LogP) is 2.00. The van der Waals surface area contributed by atoms with Gasteiger partial charge in [0.25, 0.3) is 0 Å². The van der Waals surface area contributed by atoms with Gasteiger partial charge in [-0.2, -0.15) is 0 Å². The number of aromatic nitrogens is 4. The number of hydrogen-bond acceptors (Lipinski definition) is 4. The molecule has 5 heteroatoms. The SMILES string of the molecule is CN(Cc1cccnc1)c1ncnc2c1ccn2C. The Balaban J connectivity index is 1.96. The maximum Gasteiger partial charge on any atom is 0.145 e. The Morgan fingerprint density at radius 1 is 1.26 bits per heavy atom. The van der Waals surface area contributed by atoms with Crippen LogP contribution >= 0.6 is 0 Å². The van der Waals surface area contributed by atoms with Crippen LogP contribution in [-0.4, -0.2) is 26.6 Å². The van der Waals surface area contributed by atoms with Gasteiger partial charge in [0.05, 0.1) is 5.39 Å². The minimum Gasteiger partial charge on any atom is -0.355 e. The van der Waals surface area contributed by atoms with E-state index >= 15 is 0 Å². The van der Waals surface area contributed by atoms with Crippen LogP contribution in [-0.2, 0) is 13.6 Å². The number of rotatable bonds is 3. The Hall–Kier alpha value is -2.43. The molecule has 0 N–H and O–H groups in total. The molecular weight excluding hydrogens is 238 g/mol. The van der Waals surface area contributed by atoms with Crippen molar-refractivity contribution in [3.8, 4) is 0 Å². The second-order valence-corrected chi connectivity index (χ2v) is 4.58. The van der Waals surface area contributed by atoms with Crippen molar-refractivity contribution in [2.75, 3.05) is 11.9 Å². The standard InChI is InChI=1S/C14H15N5/c1-18-7-5-12-13(18)16-10-17-14(12)19(2)9-11-4-3-6-15-8-11/h3-8,10H,9H2,1-2H3. The van der Waals surface area contributed by atoms with Crippen LogP contribution in [0, 0.1) is 0 Å². The highest BCUT2D eigenvalue weighted by atomic mass is 15.2. The normalized spacial score (nSPS) is 10.8. The molecule has 0 saturated carbocycles. The van der Waals surface area contributed by atoms with Crippen molar-refractivity contribution in [1.29, 1.82) is 0 Å². The molecule has 96 valence electrons. The number of aryl methyl sites for hydroxylation is 1. The highest BCUT2D eigenvalue weighted by Crippen LogP contribution is 2.23. The number of hydrogen-bond donors (Lipinski definition) is 0. The van der Waals surface area contributed by atoms with Crippen LogP contribution in [0.25, 0.3) is 11.0 Å². The van der Waals surface area contributed by atoms with Gasteiger partial charge >= 0.3 is 0 Å². The smallest absolute Gasteiger partial charge is 0.145 e. The molecular formula is C14H15N5. The number of nitrogens with zero attached hydrogens (tertiary/aromatic N) is 5. The summed E-state index contributed by atoms with van der Waals surface area (Å²) < 4.78 is 2.00. The van der Waals surface area contributed by atoms with Crippen LogP contribution in [0.1, 0.15) is 5.56 Å². The fraction of sp³-hybridized carbons (Fsp3) is 0.214. The van der Waals surface area contributed by atoms with E-state index in [1.54, 1.807) is 12.5 Å². The van der Waals surface area contributed by atoms with E-state index in [2.05, 4.69) is 25.9 Å². The van der Waals surface area contributed by atoms with Crippen molar-refractivity contribution < 1.29 is 0 Å². The maximum absolute atomic E-state index is 4.40. The van der Waals surface area contributed by atoms with Gasteiger partial charge in [-0.15, -0.1) is 0 Å². The molecule has 3 heterocycles. The van der Waals surface area contributed by atoms with Gasteiger partial charge in [-0.3, -0.25) is 4.98 Å². The molecule has 0 spiro atoms. The summed E-state index contributed by atoms with van der Waals surface area (Å²) >= 11 is 0. The number of anilines is 1. The lowest BCUT2D eigenvalue weighted by Crippen LogP contribution is -2.18. The van der Waals surface area contributed by atoms with Crippen LogP contribution in [0.3, 0.4) is 0 Å². The molecule has 0 aliphatic heterocycles. The van der Waals surface area contributed by atoms with E-state index in [0.29, 0.717) is 0 Å². The van der Waals surface area contributed by atoms with Crippen LogP contribution in [0.5, 0.6) is 0 Å². The molecule has 0 radical (unpaired) electrons. The zero-order valence-electron chi connectivity index (χ0n) is 11.0. The van der Waals surface area contributed by atoms with Crippen molar-refractivity contribution in [2.45, 2.75) is 6.54 Å². The quantitative estimate of drug-likeness (QED) is 0.716. The van der Waals surface area contributed by atoms with E-state index in [9.17, 15) is 0 Å². The first-order valence-corrected chi connectivity index (χ1v) is 6.12. The van der Waals surface area contributed by atoms with Crippen molar-refractivity contribution in [1.82, 2.24) is 19.5 Å². The third kappa shape index (κ3) is 2.14. The Morgan fingerprint density at radius 2 is 2.16 bits per heavy atom. The van der Waals surface area contributed by atoms with Gasteiger partial charge in [0, 0.05) is 39.2 Å². The van der Waals surface area contributed by atoms with Crippen molar-refractivity contribution in [3.63, 3.8) is 0 Å². The molecule has 5 nitrogen and oxygen atoms in total. The summed E-state index contributed by atoms with van der Waals surface area (Å²) in [6.45, 7) is 0.773. The Bertz CT molecular complexity index is 689. The average Bonchev–Trinajstić information content (AvgIpc) is 2.82. The monoisotopic (exact) mass is 253 g/mol. The van der Waals surface area contributed by atoms with E-state index in [0.717, 1.165) is 29.0 Å². The zero-order valence-corrected chi connectivity index (χ0v) is 11.0. The molecule has 3 aromatic heterocycles. The fourth-order valence-electron chi connectivity index (χ4n) is 2.21. The molecule has 3 aromatic rings. The van der Waals surface area contributed by atoms with E-state index in [1.807, 2.05) is 43.2 Å². The molecule has 0 saturated heterocycles. The summed E-state index contributed by atoms with van der Waals surface area (Å²) in [6, 6.07) is 6.05. The van der Waals surface area contributed by atoms with Crippen molar-refractivity contribution in [3.05, 3.63) is 48.7 Å². The Labute approximate surface area is 111 Å². The summed E-state index contributed by atoms with van der Waals surface area (Å²) in [6.07, 6.45) is 7.27. The first-order valence-electron chi connectivity index (χ1n) is 6.12. The molecule has 0 unspecified atom stereocenters. The minimum atomic E-state index is 0.773. The second kappa shape index (κ2) is 4.68. The van der Waals surface area contributed by atoms with E-state index in [1.165, 1.54) is 0 Å². The Kier molecular flexibility index (Phi) is 2.87. The topological polar surface area (TPSA) is 46.8 Å². The van der Waals surface area contributed by atoms with Crippen LogP contribution in [0.4, 0.5) is 5.82 Å². The summed E-state index contributed by atoms with van der Waals surface area (Å²) in [4.78, 5) is 14.9. The molecule has 3 rings (SSSR count). The lowest BCUT2D eigenvalue weighted by Gasteiger charge is -2.18. The van der Waals surface area contributed by atoms with Gasteiger partial charge in [0.1, 0.15) is 17.8 Å². The first-order chi connectivity index (χ1) is 9.25. The van der Waals surface area contributed by atoms with Crippen molar-refractivity contribution in [2.24, 2.45) is 7.05 Å². The summed E-state index contributed by atoms with van der Waals surface area (Å²) in [5, 5.41) is 1.07. The molecule has 0 aliphatic rings. The zero-order chi connectivity index (χ0) is 13.2. The molecule has 0 aromatic carbocycles. The van der Waals surface area contributed by atoms with E-state index in [-0.39, 0.29) is 0 Å². The maximum atomic E-state index is 4.40. The van der Waals surface area contributed by atoms with Gasteiger partial charge in [-0.05, 0) is 17.7 Å². The molecule has 19 heavy (non-hydrogen) atoms. The highest BCUT2D eigenvalue weighted by molar-refractivity contribution is 5.87. The Morgan fingerprint density at radius 3 is 2.95 bits per heavy atom. The van der Waals surface area contributed by atoms with Gasteiger partial charge in [-0.1, -0.05) is 6.07 Å². The van der Waals surface area contributed by atoms with Gasteiger partial charge in [-0.25, -0.2) is 9.97 Å². The van der Waals surface area contributed by atoms with Crippen LogP contribution in [0.2, 0.25) is 0 Å². The molecule has 0 aliphatic carbocycles. The molecule has 0 bridgehead atoms. The fourth-order valence-corrected chi connectivity index (χ4v) is 2.21.